The molecule has 0 bridgehead atoms. The van der Waals surface area contributed by atoms with Crippen LogP contribution >= 0.6 is 69.9 Å². The minimum atomic E-state index is -0.696. The summed E-state index contributed by atoms with van der Waals surface area (Å²) in [5.41, 5.74) is 5.28. The fourth-order valence-corrected chi connectivity index (χ4v) is 3.96. The Balaban J connectivity index is 0. The van der Waals surface area contributed by atoms with Gasteiger partial charge in [-0.25, -0.2) is 19.9 Å². The van der Waals surface area contributed by atoms with Gasteiger partial charge in [-0.05, 0) is 12.8 Å². The van der Waals surface area contributed by atoms with E-state index in [1.807, 2.05) is 6.92 Å². The van der Waals surface area contributed by atoms with Crippen LogP contribution < -0.4 is 5.73 Å². The molecule has 2 N–H and O–H groups in total. The molecule has 0 aromatic carbocycles. The molecule has 0 aliphatic carbocycles. The number of nitrogens with two attached hydrogens (primary N) is 1. The molecule has 15 heteroatoms. The summed E-state index contributed by atoms with van der Waals surface area (Å²) in [6, 6.07) is 0. The first-order chi connectivity index (χ1) is 13.2. The van der Waals surface area contributed by atoms with Gasteiger partial charge in [0, 0.05) is 28.6 Å². The molecule has 8 nitrogen and oxygen atoms in total. The molecule has 0 amide bonds. The minimum absolute atomic E-state index is 0. The number of hydrogen-bond donors (Lipinski definition) is 1. The van der Waals surface area contributed by atoms with E-state index in [1.165, 1.54) is 23.5 Å². The number of rotatable bonds is 7. The Bertz CT molecular complexity index is 792. The predicted octanol–water partition coefficient (Wildman–Crippen LogP) is 6.51. The smallest absolute Gasteiger partial charge is 0.343 e. The molecule has 2 aromatic rings. The molecule has 0 saturated heterocycles. The Labute approximate surface area is 214 Å². The van der Waals surface area contributed by atoms with E-state index in [2.05, 4.69) is 26.9 Å². The third kappa shape index (κ3) is 10.4. The van der Waals surface area contributed by atoms with Crippen molar-refractivity contribution in [1.82, 2.24) is 19.9 Å². The van der Waals surface area contributed by atoms with E-state index in [4.69, 9.17) is 52.1 Å². The molecule has 0 saturated carbocycles. The van der Waals surface area contributed by atoms with Gasteiger partial charge in [-0.1, -0.05) is 83.8 Å². The standard InChI is InChI=1S/C7H7Cl2N3O2S.C7H9Cl2N3S.CH3.Fe/c1-2-3-15-7-10-5(8)4(12(13)14)6(9)11-7;1-2-3-13-7-11-5(8)4(10)6(9)12-7;;/h2-3H2,1H3;2-3,10H2,1H3;1H3;/q;;-1;. The van der Waals surface area contributed by atoms with E-state index in [0.717, 1.165) is 24.3 Å². The van der Waals surface area contributed by atoms with Crippen LogP contribution in [-0.2, 0) is 17.1 Å². The van der Waals surface area contributed by atoms with Crippen molar-refractivity contribution in [3.05, 3.63) is 38.2 Å². The van der Waals surface area contributed by atoms with Crippen molar-refractivity contribution >= 4 is 81.3 Å². The minimum Gasteiger partial charge on any atom is -0.394 e. The Kier molecular flexibility index (Phi) is 17.4. The molecule has 0 fully saturated rings. The fraction of sp³-hybridized carbons (Fsp3) is 0.400. The van der Waals surface area contributed by atoms with Crippen LogP contribution in [-0.4, -0.2) is 36.4 Å². The van der Waals surface area contributed by atoms with Gasteiger partial charge in [0.25, 0.3) is 0 Å². The summed E-state index contributed by atoms with van der Waals surface area (Å²) in [6.45, 7) is 4.08. The Morgan fingerprint density at radius 2 is 1.20 bits per heavy atom. The summed E-state index contributed by atoms with van der Waals surface area (Å²) in [6.07, 6.45) is 1.99. The first kappa shape index (κ1) is 31.9. The number of nitrogen functional groups attached to an aromatic ring is 1. The zero-order valence-corrected chi connectivity index (χ0v) is 21.9. The molecule has 2 heterocycles. The van der Waals surface area contributed by atoms with Gasteiger partial charge >= 0.3 is 5.69 Å². The van der Waals surface area contributed by atoms with Crippen LogP contribution in [0.3, 0.4) is 0 Å². The van der Waals surface area contributed by atoms with Crippen molar-refractivity contribution in [2.45, 2.75) is 37.0 Å². The molecule has 0 unspecified atom stereocenters. The first-order valence-corrected chi connectivity index (χ1v) is 11.3. The van der Waals surface area contributed by atoms with Crippen LogP contribution in [0.5, 0.6) is 0 Å². The normalized spacial score (nSPS) is 9.67. The van der Waals surface area contributed by atoms with Gasteiger partial charge in [0.1, 0.15) is 5.69 Å². The van der Waals surface area contributed by atoms with E-state index in [1.54, 1.807) is 0 Å². The SMILES string of the molecule is CCCSc1nc(Cl)c(N)c(Cl)n1.CCCSc1nc(Cl)c([N+](=O)[O-])c(Cl)n1.[CH3-].[Fe]. The number of nitro groups is 1. The maximum absolute atomic E-state index is 10.5. The van der Waals surface area contributed by atoms with Crippen molar-refractivity contribution in [2.75, 3.05) is 17.2 Å². The summed E-state index contributed by atoms with van der Waals surface area (Å²) in [7, 11) is 0. The van der Waals surface area contributed by atoms with Crippen LogP contribution in [0.2, 0.25) is 20.6 Å². The monoisotopic (exact) mass is 575 g/mol. The largest absolute Gasteiger partial charge is 0.394 e. The van der Waals surface area contributed by atoms with E-state index in [-0.39, 0.29) is 50.8 Å². The quantitative estimate of drug-likeness (QED) is 0.0747. The molecule has 2 rings (SSSR count). The van der Waals surface area contributed by atoms with E-state index in [9.17, 15) is 10.1 Å². The van der Waals surface area contributed by atoms with Gasteiger partial charge in [0.15, 0.2) is 20.6 Å². The van der Waals surface area contributed by atoms with E-state index >= 15 is 0 Å². The van der Waals surface area contributed by atoms with Gasteiger partial charge < -0.3 is 13.2 Å². The van der Waals surface area contributed by atoms with Crippen LogP contribution in [0.1, 0.15) is 26.7 Å². The van der Waals surface area contributed by atoms with Gasteiger partial charge in [0.2, 0.25) is 10.3 Å². The van der Waals surface area contributed by atoms with Crippen molar-refractivity contribution in [3.63, 3.8) is 0 Å². The van der Waals surface area contributed by atoms with Gasteiger partial charge in [-0.2, -0.15) is 0 Å². The third-order valence-corrected chi connectivity index (χ3v) is 5.87. The van der Waals surface area contributed by atoms with E-state index < -0.39 is 10.6 Å². The van der Waals surface area contributed by atoms with Crippen molar-refractivity contribution in [2.24, 2.45) is 0 Å². The van der Waals surface area contributed by atoms with E-state index in [0.29, 0.717) is 10.3 Å². The number of anilines is 1. The number of thioether (sulfide) groups is 2. The molecule has 0 aliphatic heterocycles. The molecular weight excluding hydrogens is 558 g/mol. The Morgan fingerprint density at radius 1 is 0.867 bits per heavy atom. The average molecular weight is 577 g/mol. The first-order valence-electron chi connectivity index (χ1n) is 7.82. The second-order valence-electron chi connectivity index (χ2n) is 4.89. The molecule has 0 radical (unpaired) electrons. The fourth-order valence-electron chi connectivity index (χ4n) is 1.45. The van der Waals surface area contributed by atoms with Gasteiger partial charge in [-0.3, -0.25) is 10.1 Å². The molecule has 170 valence electrons. The van der Waals surface area contributed by atoms with Crippen molar-refractivity contribution in [3.8, 4) is 0 Å². The summed E-state index contributed by atoms with van der Waals surface area (Å²) in [5, 5.41) is 11.4. The van der Waals surface area contributed by atoms with Crippen LogP contribution in [0, 0.1) is 17.5 Å². The van der Waals surface area contributed by atoms with Crippen LogP contribution in [0.25, 0.3) is 0 Å². The van der Waals surface area contributed by atoms with Crippen LogP contribution in [0.15, 0.2) is 10.3 Å². The Morgan fingerprint density at radius 3 is 1.50 bits per heavy atom. The maximum atomic E-state index is 10.5. The number of aromatic nitrogens is 4. The maximum Gasteiger partial charge on any atom is 0.343 e. The zero-order chi connectivity index (χ0) is 21.3. The number of nitrogens with zero attached hydrogens (tertiary/aromatic N) is 5. The zero-order valence-electron chi connectivity index (χ0n) is 16.1. The topological polar surface area (TPSA) is 121 Å². The van der Waals surface area contributed by atoms with Crippen LogP contribution in [0.4, 0.5) is 11.4 Å². The third-order valence-electron chi connectivity index (χ3n) is 2.66. The van der Waals surface area contributed by atoms with Crippen molar-refractivity contribution < 1.29 is 22.0 Å². The van der Waals surface area contributed by atoms with Crippen molar-refractivity contribution in [1.29, 1.82) is 0 Å². The van der Waals surface area contributed by atoms with Gasteiger partial charge in [-0.15, -0.1) is 0 Å². The summed E-state index contributed by atoms with van der Waals surface area (Å²) in [4.78, 5) is 25.3. The molecule has 0 atom stereocenters. The average Bonchev–Trinajstić information content (AvgIpc) is 2.62. The summed E-state index contributed by atoms with van der Waals surface area (Å²) >= 11 is 25.6. The molecule has 0 aliphatic rings. The molecule has 0 spiro atoms. The molecule has 30 heavy (non-hydrogen) atoms. The van der Waals surface area contributed by atoms with Gasteiger partial charge in [0.05, 0.1) is 4.92 Å². The second-order valence-corrected chi connectivity index (χ2v) is 8.45. The molecule has 2 aromatic heterocycles. The number of halogens is 4. The summed E-state index contributed by atoms with van der Waals surface area (Å²) in [5.74, 6) is 1.75. The second kappa shape index (κ2) is 16.4. The summed E-state index contributed by atoms with van der Waals surface area (Å²) < 4.78 is 0. The predicted molar refractivity (Wildman–Crippen MR) is 124 cm³/mol. The molecular formula is C15H19Cl4FeN6O2S2-. The Hall–Kier alpha value is -0.261. The number of hydrogen-bond acceptors (Lipinski definition) is 9.